The van der Waals surface area contributed by atoms with Gasteiger partial charge >= 0.3 is 0 Å². The Hall–Kier alpha value is -1.62. The Balaban J connectivity index is 1.73. The summed E-state index contributed by atoms with van der Waals surface area (Å²) in [5.74, 6) is 0.704. The third-order valence-corrected chi connectivity index (χ3v) is 3.24. The number of fused-ring (bicyclic) bond motifs is 1. The summed E-state index contributed by atoms with van der Waals surface area (Å²) in [6.07, 6.45) is 4.44. The minimum absolute atomic E-state index is 0.395. The fraction of sp³-hybridized carbons (Fsp3) is 0.500. The zero-order valence-corrected chi connectivity index (χ0v) is 10.1. The summed E-state index contributed by atoms with van der Waals surface area (Å²) in [6.45, 7) is 2.04. The Labute approximate surface area is 99.8 Å². The number of ether oxygens (including phenoxy) is 1. The van der Waals surface area contributed by atoms with Crippen LogP contribution in [0.15, 0.2) is 18.3 Å². The number of rotatable bonds is 3. The van der Waals surface area contributed by atoms with Gasteiger partial charge in [-0.15, -0.1) is 5.10 Å². The van der Waals surface area contributed by atoms with Crippen molar-refractivity contribution in [2.24, 2.45) is 0 Å². The lowest BCUT2D eigenvalue weighted by atomic mass is 9.89. The monoisotopic (exact) mass is 232 g/mol. The Morgan fingerprint density at radius 3 is 3.00 bits per heavy atom. The molecule has 0 spiro atoms. The number of anilines is 1. The highest BCUT2D eigenvalue weighted by molar-refractivity contribution is 5.44. The number of nitrogens with one attached hydrogen (secondary N) is 1. The van der Waals surface area contributed by atoms with E-state index in [1.54, 1.807) is 7.11 Å². The van der Waals surface area contributed by atoms with Gasteiger partial charge in [-0.25, -0.2) is 4.52 Å². The van der Waals surface area contributed by atoms with E-state index < -0.39 is 0 Å². The molecule has 1 saturated carbocycles. The van der Waals surface area contributed by atoms with Crippen molar-refractivity contribution < 1.29 is 4.74 Å². The second-order valence-corrected chi connectivity index (χ2v) is 4.62. The van der Waals surface area contributed by atoms with E-state index in [9.17, 15) is 0 Å². The van der Waals surface area contributed by atoms with Crippen LogP contribution < -0.4 is 5.32 Å². The average Bonchev–Trinajstić information content (AvgIpc) is 2.64. The maximum Gasteiger partial charge on any atom is 0.243 e. The molecule has 2 aromatic rings. The Kier molecular flexibility index (Phi) is 2.48. The van der Waals surface area contributed by atoms with E-state index in [2.05, 4.69) is 15.4 Å². The lowest BCUT2D eigenvalue weighted by Crippen LogP contribution is -2.40. The predicted molar refractivity (Wildman–Crippen MR) is 65.2 cm³/mol. The van der Waals surface area contributed by atoms with E-state index in [1.165, 1.54) is 5.56 Å². The molecule has 0 unspecified atom stereocenters. The Bertz CT molecular complexity index is 530. The standard InChI is InChI=1S/C12H16N4O/c1-8-3-4-11-14-12(15-16(11)7-8)13-9-5-10(6-9)17-2/h3-4,7,9-10H,5-6H2,1-2H3,(H,13,15). The molecule has 5 nitrogen and oxygen atoms in total. The van der Waals surface area contributed by atoms with Crippen molar-refractivity contribution in [2.45, 2.75) is 31.9 Å². The Morgan fingerprint density at radius 1 is 1.41 bits per heavy atom. The van der Waals surface area contributed by atoms with Crippen LogP contribution in [-0.2, 0) is 4.74 Å². The summed E-state index contributed by atoms with van der Waals surface area (Å²) in [5, 5.41) is 7.73. The summed E-state index contributed by atoms with van der Waals surface area (Å²) >= 11 is 0. The van der Waals surface area contributed by atoms with Gasteiger partial charge in [-0.3, -0.25) is 0 Å². The fourth-order valence-corrected chi connectivity index (χ4v) is 2.11. The van der Waals surface area contributed by atoms with Crippen LogP contribution >= 0.6 is 0 Å². The van der Waals surface area contributed by atoms with Gasteiger partial charge in [-0.05, 0) is 31.4 Å². The minimum atomic E-state index is 0.395. The minimum Gasteiger partial charge on any atom is -0.381 e. The number of methoxy groups -OCH3 is 1. The smallest absolute Gasteiger partial charge is 0.243 e. The second-order valence-electron chi connectivity index (χ2n) is 4.62. The Morgan fingerprint density at radius 2 is 2.24 bits per heavy atom. The highest BCUT2D eigenvalue weighted by Crippen LogP contribution is 2.25. The molecule has 3 rings (SSSR count). The van der Waals surface area contributed by atoms with Gasteiger partial charge < -0.3 is 10.1 Å². The molecule has 0 aromatic carbocycles. The van der Waals surface area contributed by atoms with Crippen LogP contribution in [0.4, 0.5) is 5.95 Å². The number of hydrogen-bond acceptors (Lipinski definition) is 4. The molecule has 0 amide bonds. The van der Waals surface area contributed by atoms with Gasteiger partial charge in [0.1, 0.15) is 0 Å². The van der Waals surface area contributed by atoms with Crippen LogP contribution in [0.3, 0.4) is 0 Å². The number of aromatic nitrogens is 3. The van der Waals surface area contributed by atoms with E-state index in [0.717, 1.165) is 18.5 Å². The third-order valence-electron chi connectivity index (χ3n) is 3.24. The van der Waals surface area contributed by atoms with Gasteiger partial charge in [-0.2, -0.15) is 4.98 Å². The van der Waals surface area contributed by atoms with Crippen LogP contribution in [0.5, 0.6) is 0 Å². The molecule has 1 N–H and O–H groups in total. The molecule has 1 fully saturated rings. The maximum atomic E-state index is 5.24. The molecule has 0 atom stereocenters. The van der Waals surface area contributed by atoms with Gasteiger partial charge in [0.2, 0.25) is 5.95 Å². The van der Waals surface area contributed by atoms with Gasteiger partial charge in [0.15, 0.2) is 5.65 Å². The summed E-state index contributed by atoms with van der Waals surface area (Å²) < 4.78 is 7.05. The van der Waals surface area contributed by atoms with Crippen LogP contribution in [0.25, 0.3) is 5.65 Å². The quantitative estimate of drug-likeness (QED) is 0.873. The third kappa shape index (κ3) is 1.98. The van der Waals surface area contributed by atoms with Crippen molar-refractivity contribution in [1.29, 1.82) is 0 Å². The summed E-state index contributed by atoms with van der Waals surface area (Å²) in [4.78, 5) is 4.43. The molecule has 1 aliphatic rings. The van der Waals surface area contributed by atoms with Crippen LogP contribution in [0.1, 0.15) is 18.4 Å². The molecule has 0 radical (unpaired) electrons. The lowest BCUT2D eigenvalue weighted by Gasteiger charge is -2.34. The largest absolute Gasteiger partial charge is 0.381 e. The van der Waals surface area contributed by atoms with E-state index >= 15 is 0 Å². The van der Waals surface area contributed by atoms with Crippen LogP contribution in [0, 0.1) is 6.92 Å². The molecule has 5 heteroatoms. The first-order valence-corrected chi connectivity index (χ1v) is 5.87. The summed E-state index contributed by atoms with van der Waals surface area (Å²) in [7, 11) is 1.76. The topological polar surface area (TPSA) is 51.5 Å². The zero-order valence-electron chi connectivity index (χ0n) is 10.1. The first-order chi connectivity index (χ1) is 8.24. The fourth-order valence-electron chi connectivity index (χ4n) is 2.11. The van der Waals surface area contributed by atoms with E-state index in [0.29, 0.717) is 18.1 Å². The SMILES string of the molecule is COC1CC(Nc2nc3ccc(C)cn3n2)C1. The number of nitrogens with zero attached hydrogens (tertiary/aromatic N) is 3. The zero-order chi connectivity index (χ0) is 11.8. The molecular formula is C12H16N4O. The molecular weight excluding hydrogens is 216 g/mol. The van der Waals surface area contributed by atoms with Crippen molar-refractivity contribution in [3.8, 4) is 0 Å². The molecule has 2 heterocycles. The average molecular weight is 232 g/mol. The number of hydrogen-bond donors (Lipinski definition) is 1. The van der Waals surface area contributed by atoms with Crippen LogP contribution in [0.2, 0.25) is 0 Å². The van der Waals surface area contributed by atoms with Gasteiger partial charge in [0.25, 0.3) is 0 Å². The van der Waals surface area contributed by atoms with Gasteiger partial charge in [0, 0.05) is 19.3 Å². The van der Waals surface area contributed by atoms with Crippen LogP contribution in [-0.4, -0.2) is 33.9 Å². The molecule has 90 valence electrons. The molecule has 1 aliphatic carbocycles. The molecule has 0 saturated heterocycles. The first-order valence-electron chi connectivity index (χ1n) is 5.87. The van der Waals surface area contributed by atoms with E-state index in [4.69, 9.17) is 4.74 Å². The highest BCUT2D eigenvalue weighted by atomic mass is 16.5. The van der Waals surface area contributed by atoms with Crippen molar-refractivity contribution in [1.82, 2.24) is 14.6 Å². The van der Waals surface area contributed by atoms with Crippen molar-refractivity contribution >= 4 is 11.6 Å². The predicted octanol–water partition coefficient (Wildman–Crippen LogP) is 1.63. The maximum absolute atomic E-state index is 5.24. The molecule has 17 heavy (non-hydrogen) atoms. The van der Waals surface area contributed by atoms with Crippen molar-refractivity contribution in [3.05, 3.63) is 23.9 Å². The molecule has 0 aliphatic heterocycles. The first kappa shape index (κ1) is 10.5. The van der Waals surface area contributed by atoms with E-state index in [1.807, 2.05) is 29.8 Å². The van der Waals surface area contributed by atoms with Gasteiger partial charge in [0.05, 0.1) is 6.10 Å². The second kappa shape index (κ2) is 4.00. The summed E-state index contributed by atoms with van der Waals surface area (Å²) in [6, 6.07) is 4.46. The van der Waals surface area contributed by atoms with Crippen molar-refractivity contribution in [3.63, 3.8) is 0 Å². The summed E-state index contributed by atoms with van der Waals surface area (Å²) in [5.41, 5.74) is 2.05. The highest BCUT2D eigenvalue weighted by Gasteiger charge is 2.29. The van der Waals surface area contributed by atoms with E-state index in [-0.39, 0.29) is 0 Å². The molecule has 2 aromatic heterocycles. The number of pyridine rings is 1. The molecule has 0 bridgehead atoms. The van der Waals surface area contributed by atoms with Crippen molar-refractivity contribution in [2.75, 3.05) is 12.4 Å². The number of aryl methyl sites for hydroxylation is 1. The normalized spacial score (nSPS) is 23.6. The van der Waals surface area contributed by atoms with Gasteiger partial charge in [-0.1, -0.05) is 6.07 Å². The lowest BCUT2D eigenvalue weighted by molar-refractivity contribution is 0.0327.